The number of rotatable bonds is 8. The van der Waals surface area contributed by atoms with Crippen LogP contribution in [0.25, 0.3) is 0 Å². The van der Waals surface area contributed by atoms with Gasteiger partial charge in [-0.05, 0) is 26.2 Å². The van der Waals surface area contributed by atoms with E-state index in [0.29, 0.717) is 25.7 Å². The van der Waals surface area contributed by atoms with Crippen LogP contribution in [0, 0.1) is 11.3 Å². The molecule has 2 fully saturated rings. The van der Waals surface area contributed by atoms with Crippen LogP contribution in [-0.4, -0.2) is 75.2 Å². The maximum atomic E-state index is 10.4. The molecule has 2 rings (SSSR count). The molecule has 6 nitrogen and oxygen atoms in total. The predicted molar refractivity (Wildman–Crippen MR) is 101 cm³/mol. The Morgan fingerprint density at radius 3 is 2.88 bits per heavy atom. The molecule has 0 aromatic rings. The van der Waals surface area contributed by atoms with Crippen molar-refractivity contribution in [2.75, 3.05) is 53.1 Å². The average molecular weight is 356 g/mol. The van der Waals surface area contributed by atoms with Gasteiger partial charge in [0.1, 0.15) is 0 Å². The molecular weight excluding hydrogens is 318 g/mol. The van der Waals surface area contributed by atoms with Crippen LogP contribution >= 0.6 is 0 Å². The van der Waals surface area contributed by atoms with Crippen molar-refractivity contribution in [1.82, 2.24) is 10.2 Å². The first-order valence-electron chi connectivity index (χ1n) is 9.87. The lowest BCUT2D eigenvalue weighted by atomic mass is 9.73. The van der Waals surface area contributed by atoms with Gasteiger partial charge in [0.05, 0.1) is 32.5 Å². The molecule has 0 aromatic carbocycles. The van der Waals surface area contributed by atoms with Gasteiger partial charge >= 0.3 is 0 Å². The van der Waals surface area contributed by atoms with Gasteiger partial charge in [0.15, 0.2) is 5.96 Å². The van der Waals surface area contributed by atoms with Crippen LogP contribution in [0.5, 0.6) is 0 Å². The molecule has 0 bridgehead atoms. The van der Waals surface area contributed by atoms with Gasteiger partial charge in [0, 0.05) is 38.1 Å². The van der Waals surface area contributed by atoms with Gasteiger partial charge in [-0.2, -0.15) is 0 Å². The van der Waals surface area contributed by atoms with Crippen LogP contribution in [0.1, 0.15) is 46.0 Å². The molecular formula is C19H37N3O3. The zero-order valence-corrected chi connectivity index (χ0v) is 16.3. The Labute approximate surface area is 153 Å². The lowest BCUT2D eigenvalue weighted by Crippen LogP contribution is -2.43. The van der Waals surface area contributed by atoms with Crippen molar-refractivity contribution < 1.29 is 14.6 Å². The zero-order valence-electron chi connectivity index (χ0n) is 16.3. The molecule has 25 heavy (non-hydrogen) atoms. The number of guanidine groups is 1. The summed E-state index contributed by atoms with van der Waals surface area (Å²) in [6.07, 6.45) is 5.22. The molecule has 2 N–H and O–H groups in total. The molecule has 1 heterocycles. The van der Waals surface area contributed by atoms with Crippen molar-refractivity contribution in [3.8, 4) is 0 Å². The summed E-state index contributed by atoms with van der Waals surface area (Å²) in [5.74, 6) is 1.54. The summed E-state index contributed by atoms with van der Waals surface area (Å²) in [4.78, 5) is 7.24. The highest BCUT2D eigenvalue weighted by Gasteiger charge is 2.35. The number of methoxy groups -OCH3 is 1. The highest BCUT2D eigenvalue weighted by Crippen LogP contribution is 2.36. The summed E-state index contributed by atoms with van der Waals surface area (Å²) in [5.41, 5.74) is -0.0820. The molecule has 3 unspecified atom stereocenters. The van der Waals surface area contributed by atoms with Crippen molar-refractivity contribution in [1.29, 1.82) is 0 Å². The topological polar surface area (TPSA) is 66.3 Å². The smallest absolute Gasteiger partial charge is 0.193 e. The normalized spacial score (nSPS) is 30.7. The summed E-state index contributed by atoms with van der Waals surface area (Å²) < 4.78 is 10.7. The Morgan fingerprint density at radius 1 is 1.32 bits per heavy atom. The lowest BCUT2D eigenvalue weighted by Gasteiger charge is -2.37. The Kier molecular flexibility index (Phi) is 8.46. The average Bonchev–Trinajstić information content (AvgIpc) is 3.07. The van der Waals surface area contributed by atoms with E-state index >= 15 is 0 Å². The van der Waals surface area contributed by atoms with Crippen LogP contribution < -0.4 is 5.32 Å². The van der Waals surface area contributed by atoms with Crippen molar-refractivity contribution >= 4 is 5.96 Å². The molecule has 0 spiro atoms. The molecule has 0 radical (unpaired) electrons. The largest absolute Gasteiger partial charge is 0.392 e. The minimum absolute atomic E-state index is 0.0820. The third kappa shape index (κ3) is 6.12. The maximum Gasteiger partial charge on any atom is 0.193 e. The Morgan fingerprint density at radius 2 is 2.16 bits per heavy atom. The van der Waals surface area contributed by atoms with Gasteiger partial charge in [-0.25, -0.2) is 0 Å². The molecule has 0 aromatic heterocycles. The van der Waals surface area contributed by atoms with Crippen LogP contribution in [0.15, 0.2) is 4.99 Å². The van der Waals surface area contributed by atoms with E-state index in [9.17, 15) is 5.11 Å². The van der Waals surface area contributed by atoms with Crippen LogP contribution in [-0.2, 0) is 9.47 Å². The summed E-state index contributed by atoms with van der Waals surface area (Å²) in [6, 6.07) is 0. The minimum atomic E-state index is -0.228. The second kappa shape index (κ2) is 10.3. The summed E-state index contributed by atoms with van der Waals surface area (Å²) in [7, 11) is 1.70. The monoisotopic (exact) mass is 355 g/mol. The fourth-order valence-corrected chi connectivity index (χ4v) is 3.80. The number of nitrogens with zero attached hydrogens (tertiary/aromatic N) is 2. The predicted octanol–water partition coefficient (Wildman–Crippen LogP) is 1.88. The fourth-order valence-electron chi connectivity index (χ4n) is 3.80. The van der Waals surface area contributed by atoms with E-state index in [-0.39, 0.29) is 11.5 Å². The Bertz CT molecular complexity index is 419. The van der Waals surface area contributed by atoms with E-state index < -0.39 is 0 Å². The molecule has 3 atom stereocenters. The highest BCUT2D eigenvalue weighted by atomic mass is 16.5. The van der Waals surface area contributed by atoms with E-state index in [4.69, 9.17) is 14.5 Å². The standard InChI is InChI=1S/C19H37N3O3/c1-4-20-18(21-15-19(2)9-6-5-7-17(19)23)22-10-8-16(13-22)14-25-12-11-24-3/h16-17,23H,4-15H2,1-3H3,(H,20,21). The molecule has 146 valence electrons. The SMILES string of the molecule is CCNC(=NCC1(C)CCCCC1O)N1CCC(COCCOC)C1. The second-order valence-electron chi connectivity index (χ2n) is 7.75. The number of likely N-dealkylation sites (tertiary alicyclic amines) is 1. The molecule has 1 aliphatic heterocycles. The number of aliphatic imine (C=N–C) groups is 1. The maximum absolute atomic E-state index is 10.4. The quantitative estimate of drug-likeness (QED) is 0.395. The van der Waals surface area contributed by atoms with Crippen molar-refractivity contribution in [3.63, 3.8) is 0 Å². The van der Waals surface area contributed by atoms with Gasteiger partial charge in [0.25, 0.3) is 0 Å². The van der Waals surface area contributed by atoms with E-state index in [0.717, 1.165) is 57.9 Å². The highest BCUT2D eigenvalue weighted by molar-refractivity contribution is 5.80. The van der Waals surface area contributed by atoms with Gasteiger partial charge in [-0.15, -0.1) is 0 Å². The van der Waals surface area contributed by atoms with Crippen LogP contribution in [0.2, 0.25) is 0 Å². The molecule has 6 heteroatoms. The Hall–Kier alpha value is -0.850. The summed E-state index contributed by atoms with van der Waals surface area (Å²) in [6.45, 7) is 9.95. The van der Waals surface area contributed by atoms with Crippen LogP contribution in [0.4, 0.5) is 0 Å². The number of aliphatic hydroxyl groups is 1. The van der Waals surface area contributed by atoms with Gasteiger partial charge in [-0.3, -0.25) is 4.99 Å². The van der Waals surface area contributed by atoms with Gasteiger partial charge in [-0.1, -0.05) is 19.8 Å². The van der Waals surface area contributed by atoms with E-state index in [1.54, 1.807) is 7.11 Å². The number of nitrogens with one attached hydrogen (secondary N) is 1. The van der Waals surface area contributed by atoms with Gasteiger partial charge in [0.2, 0.25) is 0 Å². The molecule has 0 amide bonds. The lowest BCUT2D eigenvalue weighted by molar-refractivity contribution is 0.00704. The molecule has 1 saturated carbocycles. The third-order valence-electron chi connectivity index (χ3n) is 5.58. The minimum Gasteiger partial charge on any atom is -0.392 e. The number of hydrogen-bond acceptors (Lipinski definition) is 4. The second-order valence-corrected chi connectivity index (χ2v) is 7.75. The molecule has 1 aliphatic carbocycles. The van der Waals surface area contributed by atoms with Crippen molar-refractivity contribution in [2.45, 2.75) is 52.1 Å². The van der Waals surface area contributed by atoms with Gasteiger partial charge < -0.3 is 24.8 Å². The third-order valence-corrected chi connectivity index (χ3v) is 5.58. The zero-order chi connectivity index (χ0) is 18.1. The summed E-state index contributed by atoms with van der Waals surface area (Å²) in [5, 5.41) is 13.8. The van der Waals surface area contributed by atoms with E-state index in [1.165, 1.54) is 6.42 Å². The Balaban J connectivity index is 1.87. The number of ether oxygens (including phenoxy) is 2. The first-order valence-corrected chi connectivity index (χ1v) is 9.87. The van der Waals surface area contributed by atoms with Crippen molar-refractivity contribution in [3.05, 3.63) is 0 Å². The molecule has 2 aliphatic rings. The van der Waals surface area contributed by atoms with Crippen LogP contribution in [0.3, 0.4) is 0 Å². The fraction of sp³-hybridized carbons (Fsp3) is 0.947. The summed E-state index contributed by atoms with van der Waals surface area (Å²) >= 11 is 0. The van der Waals surface area contributed by atoms with Crippen molar-refractivity contribution in [2.24, 2.45) is 16.3 Å². The van der Waals surface area contributed by atoms with E-state index in [1.807, 2.05) is 0 Å². The first-order chi connectivity index (χ1) is 12.1. The first kappa shape index (κ1) is 20.5. The van der Waals surface area contributed by atoms with E-state index in [2.05, 4.69) is 24.1 Å². The molecule has 1 saturated heterocycles. The number of aliphatic hydroxyl groups excluding tert-OH is 1. The number of hydrogen-bond donors (Lipinski definition) is 2.